The second-order valence-electron chi connectivity index (χ2n) is 7.71. The normalized spacial score (nSPS) is 32.4. The molecule has 2 N–H and O–H groups in total. The fraction of sp³-hybridized carbons (Fsp3) is 0.650. The molecule has 1 amide bonds. The number of rotatable bonds is 3. The largest absolute Gasteiger partial charge is 0.354 e. The van der Waals surface area contributed by atoms with Crippen LogP contribution in [0.15, 0.2) is 18.2 Å². The molecule has 0 saturated heterocycles. The Balaban J connectivity index is 1.40. The van der Waals surface area contributed by atoms with Crippen molar-refractivity contribution in [2.75, 3.05) is 0 Å². The number of nitrogens with one attached hydrogen (secondary N) is 2. The Hall–Kier alpha value is -1.35. The van der Waals surface area contributed by atoms with Gasteiger partial charge in [0.2, 0.25) is 5.91 Å². The Bertz CT molecular complexity index is 589. The van der Waals surface area contributed by atoms with Crippen molar-refractivity contribution in [3.8, 4) is 0 Å². The molecule has 3 aliphatic carbocycles. The van der Waals surface area contributed by atoms with Crippen molar-refractivity contribution in [2.24, 2.45) is 0 Å². The van der Waals surface area contributed by atoms with E-state index in [-0.39, 0.29) is 5.91 Å². The van der Waals surface area contributed by atoms with E-state index in [1.807, 2.05) is 0 Å². The number of hydrogen-bond donors (Lipinski definition) is 2. The van der Waals surface area contributed by atoms with E-state index >= 15 is 0 Å². The zero-order valence-electron chi connectivity index (χ0n) is 14.1. The van der Waals surface area contributed by atoms with Gasteiger partial charge in [0.25, 0.3) is 0 Å². The van der Waals surface area contributed by atoms with Gasteiger partial charge in [0.15, 0.2) is 0 Å². The summed E-state index contributed by atoms with van der Waals surface area (Å²) >= 11 is 0. The second kappa shape index (κ2) is 6.27. The molecule has 2 atom stereocenters. The predicted molar refractivity (Wildman–Crippen MR) is 92.5 cm³/mol. The standard InChI is InChI=1S/C20H28N2O/c1-13(23)21-16-8-10-17(11-9-16)22-19-12-15-6-2-4-14-5-3-7-18(19)20(14)15/h3,5,7,15-17,19,22H,2,4,6,8-12H2,1H3,(H,21,23)/t15-,16?,17?,19-/m0/s1. The molecule has 3 nitrogen and oxygen atoms in total. The van der Waals surface area contributed by atoms with Crippen LogP contribution in [0.4, 0.5) is 0 Å². The molecule has 1 aromatic rings. The lowest BCUT2D eigenvalue weighted by atomic mass is 9.84. The van der Waals surface area contributed by atoms with Crippen molar-refractivity contribution in [1.82, 2.24) is 10.6 Å². The molecular weight excluding hydrogens is 284 g/mol. The first-order valence-corrected chi connectivity index (χ1v) is 9.35. The van der Waals surface area contributed by atoms with Crippen LogP contribution in [-0.2, 0) is 11.2 Å². The molecule has 0 bridgehead atoms. The van der Waals surface area contributed by atoms with E-state index in [2.05, 4.69) is 28.8 Å². The van der Waals surface area contributed by atoms with Gasteiger partial charge in [-0.15, -0.1) is 0 Å². The van der Waals surface area contributed by atoms with Crippen LogP contribution in [0, 0.1) is 0 Å². The smallest absolute Gasteiger partial charge is 0.217 e. The first-order chi connectivity index (χ1) is 11.2. The first-order valence-electron chi connectivity index (χ1n) is 9.35. The molecule has 3 aliphatic rings. The van der Waals surface area contributed by atoms with E-state index in [1.165, 1.54) is 38.5 Å². The van der Waals surface area contributed by atoms with Crippen LogP contribution < -0.4 is 10.6 Å². The minimum Gasteiger partial charge on any atom is -0.354 e. The molecule has 23 heavy (non-hydrogen) atoms. The molecule has 1 fully saturated rings. The highest BCUT2D eigenvalue weighted by molar-refractivity contribution is 5.73. The van der Waals surface area contributed by atoms with Crippen molar-refractivity contribution < 1.29 is 4.79 Å². The van der Waals surface area contributed by atoms with Crippen LogP contribution in [0.5, 0.6) is 0 Å². The minimum absolute atomic E-state index is 0.111. The Morgan fingerprint density at radius 3 is 2.65 bits per heavy atom. The van der Waals surface area contributed by atoms with Gasteiger partial charge < -0.3 is 10.6 Å². The van der Waals surface area contributed by atoms with Gasteiger partial charge in [-0.25, -0.2) is 0 Å². The molecule has 3 heteroatoms. The Labute approximate surface area is 139 Å². The summed E-state index contributed by atoms with van der Waals surface area (Å²) in [7, 11) is 0. The number of benzene rings is 1. The second-order valence-corrected chi connectivity index (χ2v) is 7.71. The molecule has 124 valence electrons. The van der Waals surface area contributed by atoms with Crippen molar-refractivity contribution >= 4 is 5.91 Å². The first kappa shape index (κ1) is 15.2. The van der Waals surface area contributed by atoms with E-state index in [1.54, 1.807) is 23.6 Å². The third kappa shape index (κ3) is 3.03. The monoisotopic (exact) mass is 312 g/mol. The van der Waals surface area contributed by atoms with Crippen LogP contribution in [0.2, 0.25) is 0 Å². The van der Waals surface area contributed by atoms with E-state index in [9.17, 15) is 4.79 Å². The Kier molecular flexibility index (Phi) is 4.14. The third-order valence-electron chi connectivity index (χ3n) is 6.10. The zero-order chi connectivity index (χ0) is 15.8. The third-order valence-corrected chi connectivity index (χ3v) is 6.10. The van der Waals surface area contributed by atoms with Gasteiger partial charge in [0, 0.05) is 25.0 Å². The molecule has 1 aromatic carbocycles. The van der Waals surface area contributed by atoms with Gasteiger partial charge in [0.1, 0.15) is 0 Å². The fourth-order valence-corrected chi connectivity index (χ4v) is 5.12. The maximum Gasteiger partial charge on any atom is 0.217 e. The maximum absolute atomic E-state index is 11.2. The molecule has 0 heterocycles. The van der Waals surface area contributed by atoms with E-state index in [0.29, 0.717) is 18.1 Å². The number of carbonyl (C=O) groups excluding carboxylic acids is 1. The van der Waals surface area contributed by atoms with Gasteiger partial charge in [-0.1, -0.05) is 18.2 Å². The summed E-state index contributed by atoms with van der Waals surface area (Å²) in [4.78, 5) is 11.2. The summed E-state index contributed by atoms with van der Waals surface area (Å²) in [5.41, 5.74) is 4.87. The number of carbonyl (C=O) groups is 1. The lowest BCUT2D eigenvalue weighted by molar-refractivity contribution is -0.119. The summed E-state index contributed by atoms with van der Waals surface area (Å²) < 4.78 is 0. The maximum atomic E-state index is 11.2. The summed E-state index contributed by atoms with van der Waals surface area (Å²) in [5.74, 6) is 0.906. The van der Waals surface area contributed by atoms with Crippen LogP contribution in [0.1, 0.15) is 80.5 Å². The van der Waals surface area contributed by atoms with Crippen LogP contribution in [-0.4, -0.2) is 18.0 Å². The zero-order valence-corrected chi connectivity index (χ0v) is 14.1. The van der Waals surface area contributed by atoms with Crippen molar-refractivity contribution in [3.05, 3.63) is 34.9 Å². The highest BCUT2D eigenvalue weighted by atomic mass is 16.1. The Morgan fingerprint density at radius 1 is 1.09 bits per heavy atom. The van der Waals surface area contributed by atoms with Gasteiger partial charge in [0.05, 0.1) is 0 Å². The fourth-order valence-electron chi connectivity index (χ4n) is 5.12. The summed E-state index contributed by atoms with van der Waals surface area (Å²) in [6, 6.07) is 8.50. The molecule has 0 aromatic heterocycles. The molecule has 4 rings (SSSR count). The quantitative estimate of drug-likeness (QED) is 0.895. The van der Waals surface area contributed by atoms with Gasteiger partial charge >= 0.3 is 0 Å². The molecule has 0 unspecified atom stereocenters. The van der Waals surface area contributed by atoms with E-state index in [0.717, 1.165) is 18.8 Å². The van der Waals surface area contributed by atoms with Crippen molar-refractivity contribution in [2.45, 2.75) is 82.3 Å². The van der Waals surface area contributed by atoms with Crippen LogP contribution in [0.3, 0.4) is 0 Å². The highest BCUT2D eigenvalue weighted by Gasteiger charge is 2.35. The SMILES string of the molecule is CC(=O)NC1CCC(N[C@H]2C[C@@H]3CCCc4cccc2c43)CC1. The molecule has 0 aliphatic heterocycles. The minimum atomic E-state index is 0.111. The summed E-state index contributed by atoms with van der Waals surface area (Å²) in [6.07, 6.45) is 9.88. The lowest BCUT2D eigenvalue weighted by Crippen LogP contribution is -2.42. The van der Waals surface area contributed by atoms with Gasteiger partial charge in [-0.3, -0.25) is 4.79 Å². The van der Waals surface area contributed by atoms with E-state index < -0.39 is 0 Å². The van der Waals surface area contributed by atoms with Gasteiger partial charge in [-0.05, 0) is 74.0 Å². The van der Waals surface area contributed by atoms with Crippen LogP contribution in [0.25, 0.3) is 0 Å². The topological polar surface area (TPSA) is 41.1 Å². The molecule has 0 radical (unpaired) electrons. The molecular formula is C20H28N2O. The number of aryl methyl sites for hydroxylation is 1. The highest BCUT2D eigenvalue weighted by Crippen LogP contribution is 2.47. The van der Waals surface area contributed by atoms with Gasteiger partial charge in [-0.2, -0.15) is 0 Å². The predicted octanol–water partition coefficient (Wildman–Crippen LogP) is 3.59. The Morgan fingerprint density at radius 2 is 1.87 bits per heavy atom. The van der Waals surface area contributed by atoms with Crippen molar-refractivity contribution in [3.63, 3.8) is 0 Å². The average molecular weight is 312 g/mol. The average Bonchev–Trinajstić information content (AvgIpc) is 2.89. The number of amides is 1. The molecule has 1 saturated carbocycles. The number of hydrogen-bond acceptors (Lipinski definition) is 2. The van der Waals surface area contributed by atoms with Crippen molar-refractivity contribution in [1.29, 1.82) is 0 Å². The van der Waals surface area contributed by atoms with Crippen LogP contribution >= 0.6 is 0 Å². The van der Waals surface area contributed by atoms with E-state index in [4.69, 9.17) is 0 Å². The lowest BCUT2D eigenvalue weighted by Gasteiger charge is -2.31. The summed E-state index contributed by atoms with van der Waals surface area (Å²) in [5, 5.41) is 7.03. The summed E-state index contributed by atoms with van der Waals surface area (Å²) in [6.45, 7) is 1.62. The molecule has 0 spiro atoms.